The van der Waals surface area contributed by atoms with Crippen molar-refractivity contribution in [2.24, 2.45) is 16.7 Å². The highest BCUT2D eigenvalue weighted by atomic mass is 32.2. The molecule has 10 nitrogen and oxygen atoms in total. The number of fused-ring (bicyclic) bond motifs is 2. The van der Waals surface area contributed by atoms with Gasteiger partial charge in [0, 0.05) is 11.3 Å². The van der Waals surface area contributed by atoms with E-state index in [-0.39, 0.29) is 10.8 Å². The molecule has 0 aromatic heterocycles. The smallest absolute Gasteiger partial charge is 0.351 e. The lowest BCUT2D eigenvalue weighted by molar-refractivity contribution is -0.473. The van der Waals surface area contributed by atoms with E-state index < -0.39 is 75.5 Å². The van der Waals surface area contributed by atoms with Crippen LogP contribution in [0.25, 0.3) is 0 Å². The molecule has 1 aromatic carbocycles. The normalized spacial score (nSPS) is 44.0. The van der Waals surface area contributed by atoms with Crippen LogP contribution in [0.15, 0.2) is 29.2 Å². The summed E-state index contributed by atoms with van der Waals surface area (Å²) in [5, 5.41) is 0. The number of carbonyl (C=O) groups is 2. The summed E-state index contributed by atoms with van der Waals surface area (Å²) >= 11 is 0. The third-order valence-corrected chi connectivity index (χ3v) is 10.7. The van der Waals surface area contributed by atoms with E-state index in [0.717, 1.165) is 5.56 Å². The number of rotatable bonds is 5. The lowest BCUT2D eigenvalue weighted by Crippen LogP contribution is -2.74. The molecule has 9 atom stereocenters. The van der Waals surface area contributed by atoms with Crippen LogP contribution in [0, 0.1) is 23.7 Å². The van der Waals surface area contributed by atoms with Crippen LogP contribution in [0.4, 0.5) is 0 Å². The van der Waals surface area contributed by atoms with Crippen molar-refractivity contribution in [3.63, 3.8) is 0 Å². The second-order valence-electron chi connectivity index (χ2n) is 11.3. The van der Waals surface area contributed by atoms with Crippen LogP contribution in [0.2, 0.25) is 0 Å². The van der Waals surface area contributed by atoms with E-state index in [2.05, 4.69) is 0 Å². The monoisotopic (exact) mass is 522 g/mol. The summed E-state index contributed by atoms with van der Waals surface area (Å²) in [7, 11) is -4.17. The quantitative estimate of drug-likeness (QED) is 0.420. The molecule has 0 N–H and O–H groups in total. The number of hydrogen-bond acceptors (Lipinski definition) is 10. The largest absolute Gasteiger partial charge is 0.454 e. The van der Waals surface area contributed by atoms with Crippen molar-refractivity contribution in [3.8, 4) is 0 Å². The van der Waals surface area contributed by atoms with E-state index in [0.29, 0.717) is 12.8 Å². The van der Waals surface area contributed by atoms with E-state index in [4.69, 9.17) is 27.9 Å². The minimum absolute atomic E-state index is 0.00287. The standard InChI is InChI=1S/C25H30O10S/c1-12-6-8-14(9-7-12)36(28,29)35-19-16-13(2)15-17(18(19)33-22(31-15)32-16)30-21(27)25-11-10-24(5,20(26)34-25)23(25,3)4/h6-9,13,15-19,22H,10-11H2,1-5H3. The third kappa shape index (κ3) is 3.00. The first kappa shape index (κ1) is 24.3. The highest BCUT2D eigenvalue weighted by Gasteiger charge is 2.77. The second-order valence-corrected chi connectivity index (χ2v) is 12.9. The molecular formula is C25H30O10S. The van der Waals surface area contributed by atoms with Gasteiger partial charge in [-0.3, -0.25) is 8.98 Å². The van der Waals surface area contributed by atoms with Crippen LogP contribution >= 0.6 is 0 Å². The predicted molar refractivity (Wildman–Crippen MR) is 121 cm³/mol. The fraction of sp³-hybridized carbons (Fsp3) is 0.680. The van der Waals surface area contributed by atoms with Crippen LogP contribution in [-0.4, -0.2) is 63.0 Å². The van der Waals surface area contributed by atoms with Gasteiger partial charge >= 0.3 is 11.9 Å². The Morgan fingerprint density at radius 1 is 0.972 bits per heavy atom. The van der Waals surface area contributed by atoms with Crippen LogP contribution < -0.4 is 0 Å². The van der Waals surface area contributed by atoms with E-state index >= 15 is 0 Å². The van der Waals surface area contributed by atoms with E-state index in [9.17, 15) is 18.0 Å². The Bertz CT molecular complexity index is 1230. The summed E-state index contributed by atoms with van der Waals surface area (Å²) in [4.78, 5) is 26.3. The van der Waals surface area contributed by atoms with Crippen LogP contribution in [0.1, 0.15) is 46.1 Å². The van der Waals surface area contributed by atoms with Crippen LogP contribution in [-0.2, 0) is 47.6 Å². The molecule has 2 aliphatic carbocycles. The number of benzene rings is 1. The molecule has 36 heavy (non-hydrogen) atoms. The molecule has 1 aromatic rings. The van der Waals surface area contributed by atoms with E-state index in [1.54, 1.807) is 12.1 Å². The first-order valence-corrected chi connectivity index (χ1v) is 13.6. The summed E-state index contributed by atoms with van der Waals surface area (Å²) < 4.78 is 61.0. The van der Waals surface area contributed by atoms with Crippen molar-refractivity contribution in [2.45, 2.75) is 95.0 Å². The van der Waals surface area contributed by atoms with Crippen molar-refractivity contribution in [1.29, 1.82) is 0 Å². The van der Waals surface area contributed by atoms with Crippen molar-refractivity contribution in [2.75, 3.05) is 0 Å². The minimum atomic E-state index is -4.17. The summed E-state index contributed by atoms with van der Waals surface area (Å²) in [5.41, 5.74) is -2.11. The Morgan fingerprint density at radius 3 is 2.17 bits per heavy atom. The molecule has 4 saturated heterocycles. The van der Waals surface area contributed by atoms with Gasteiger partial charge in [-0.25, -0.2) is 4.79 Å². The topological polar surface area (TPSA) is 124 Å². The molecule has 2 saturated carbocycles. The summed E-state index contributed by atoms with van der Waals surface area (Å²) in [6.45, 7) is 8.16. The lowest BCUT2D eigenvalue weighted by atomic mass is 9.66. The number of aryl methyl sites for hydroxylation is 1. The maximum absolute atomic E-state index is 13.7. The molecule has 6 fully saturated rings. The number of hydrogen-bond donors (Lipinski definition) is 0. The molecule has 196 valence electrons. The van der Waals surface area contributed by atoms with Gasteiger partial charge in [0.15, 0.2) is 6.10 Å². The van der Waals surface area contributed by atoms with Gasteiger partial charge in [-0.05, 0) is 38.8 Å². The Balaban J connectivity index is 1.29. The molecule has 9 unspecified atom stereocenters. The summed E-state index contributed by atoms with van der Waals surface area (Å²) in [6.07, 6.45) is -3.37. The fourth-order valence-electron chi connectivity index (χ4n) is 6.46. The van der Waals surface area contributed by atoms with E-state index in [1.807, 2.05) is 34.6 Å². The highest BCUT2D eigenvalue weighted by Crippen LogP contribution is 2.66. The molecule has 0 amide bonds. The average molecular weight is 523 g/mol. The van der Waals surface area contributed by atoms with Crippen molar-refractivity contribution in [1.82, 2.24) is 0 Å². The summed E-state index contributed by atoms with van der Waals surface area (Å²) in [5.74, 6) is -1.46. The predicted octanol–water partition coefficient (Wildman–Crippen LogP) is 2.22. The SMILES string of the molecule is Cc1ccc(S(=O)(=O)OC2C3OC4OC(C3C)C(OC(=O)C35CCC(C)(C(=O)O3)C5(C)C)C2O4)cc1. The Labute approximate surface area is 209 Å². The number of ether oxygens (including phenoxy) is 5. The minimum Gasteiger partial charge on any atom is -0.454 e. The fourth-order valence-corrected chi connectivity index (χ4v) is 7.55. The molecule has 0 spiro atoms. The number of esters is 2. The molecule has 6 aliphatic rings. The molecule has 11 heteroatoms. The van der Waals surface area contributed by atoms with Crippen LogP contribution in [0.5, 0.6) is 0 Å². The molecular weight excluding hydrogens is 492 g/mol. The molecule has 7 rings (SSSR count). The van der Waals surface area contributed by atoms with Crippen molar-refractivity contribution >= 4 is 22.1 Å². The second kappa shape index (κ2) is 7.50. The van der Waals surface area contributed by atoms with Crippen molar-refractivity contribution < 1.29 is 45.9 Å². The zero-order chi connectivity index (χ0) is 25.8. The van der Waals surface area contributed by atoms with Crippen molar-refractivity contribution in [3.05, 3.63) is 29.8 Å². The van der Waals surface area contributed by atoms with Crippen LogP contribution in [0.3, 0.4) is 0 Å². The maximum atomic E-state index is 13.7. The first-order valence-electron chi connectivity index (χ1n) is 12.2. The lowest BCUT2D eigenvalue weighted by Gasteiger charge is -2.58. The van der Waals surface area contributed by atoms with Gasteiger partial charge in [0.1, 0.15) is 18.3 Å². The van der Waals surface area contributed by atoms with Gasteiger partial charge < -0.3 is 23.7 Å². The molecule has 4 heterocycles. The average Bonchev–Trinajstić information content (AvgIpc) is 3.11. The van der Waals surface area contributed by atoms with Gasteiger partial charge in [0.2, 0.25) is 5.60 Å². The zero-order valence-electron chi connectivity index (χ0n) is 20.8. The molecule has 6 bridgehead atoms. The third-order valence-electron chi connectivity index (χ3n) is 9.34. The summed E-state index contributed by atoms with van der Waals surface area (Å²) in [6, 6.07) is 6.31. The van der Waals surface area contributed by atoms with Gasteiger partial charge in [-0.15, -0.1) is 0 Å². The van der Waals surface area contributed by atoms with Gasteiger partial charge in [0.25, 0.3) is 16.6 Å². The maximum Gasteiger partial charge on any atom is 0.351 e. The Hall–Kier alpha value is -2.05. The Kier molecular flexibility index (Phi) is 5.06. The number of carbonyl (C=O) groups excluding carboxylic acids is 2. The van der Waals surface area contributed by atoms with Gasteiger partial charge in [-0.1, -0.05) is 38.5 Å². The zero-order valence-corrected chi connectivity index (χ0v) is 21.6. The highest BCUT2D eigenvalue weighted by molar-refractivity contribution is 7.86. The van der Waals surface area contributed by atoms with E-state index in [1.165, 1.54) is 12.1 Å². The Morgan fingerprint density at radius 2 is 1.58 bits per heavy atom. The molecule has 4 aliphatic heterocycles. The van der Waals surface area contributed by atoms with Gasteiger partial charge in [-0.2, -0.15) is 8.42 Å². The first-order chi connectivity index (χ1) is 16.8. The molecule has 0 radical (unpaired) electrons. The van der Waals surface area contributed by atoms with Gasteiger partial charge in [0.05, 0.1) is 16.4 Å².